The van der Waals surface area contributed by atoms with E-state index < -0.39 is 0 Å². The fourth-order valence-electron chi connectivity index (χ4n) is 6.35. The van der Waals surface area contributed by atoms with E-state index in [0.29, 0.717) is 11.3 Å². The summed E-state index contributed by atoms with van der Waals surface area (Å²) in [6, 6.07) is 0. The van der Waals surface area contributed by atoms with Gasteiger partial charge in [0.25, 0.3) is 0 Å². The van der Waals surface area contributed by atoms with Crippen LogP contribution >= 0.6 is 0 Å². The van der Waals surface area contributed by atoms with Crippen LogP contribution in [-0.4, -0.2) is 11.2 Å². The highest BCUT2D eigenvalue weighted by Gasteiger charge is 2.35. The molecule has 0 bridgehead atoms. The van der Waals surface area contributed by atoms with Crippen LogP contribution in [0.1, 0.15) is 118 Å². The fraction of sp³-hybridized carbons (Fsp3) is 1.00. The van der Waals surface area contributed by atoms with Crippen molar-refractivity contribution in [2.75, 3.05) is 0 Å². The lowest BCUT2D eigenvalue weighted by molar-refractivity contribution is 0.0594. The van der Waals surface area contributed by atoms with Crippen LogP contribution in [0.3, 0.4) is 0 Å². The topological polar surface area (TPSA) is 20.2 Å². The molecule has 2 unspecified atom stereocenters. The highest BCUT2D eigenvalue weighted by atomic mass is 16.3. The van der Waals surface area contributed by atoms with Crippen molar-refractivity contribution < 1.29 is 5.11 Å². The average Bonchev–Trinajstić information content (AvgIpc) is 2.61. The van der Waals surface area contributed by atoms with E-state index in [4.69, 9.17) is 0 Å². The molecule has 0 aliphatic heterocycles. The van der Waals surface area contributed by atoms with E-state index in [1.165, 1.54) is 64.2 Å². The van der Waals surface area contributed by atoms with Crippen LogP contribution in [0.15, 0.2) is 0 Å². The highest BCUT2D eigenvalue weighted by molar-refractivity contribution is 4.86. The quantitative estimate of drug-likeness (QED) is 0.446. The molecule has 2 saturated carbocycles. The van der Waals surface area contributed by atoms with Gasteiger partial charge in [-0.1, -0.05) is 73.1 Å². The molecule has 0 spiro atoms. The molecule has 2 rings (SSSR count). The van der Waals surface area contributed by atoms with Crippen molar-refractivity contribution in [3.05, 3.63) is 0 Å². The van der Waals surface area contributed by atoms with E-state index >= 15 is 0 Å². The Hall–Kier alpha value is -0.0400. The Morgan fingerprint density at radius 2 is 1.42 bits per heavy atom. The van der Waals surface area contributed by atoms with Crippen LogP contribution < -0.4 is 0 Å². The maximum atomic E-state index is 10.3. The van der Waals surface area contributed by atoms with Crippen molar-refractivity contribution in [1.29, 1.82) is 0 Å². The molecule has 1 N–H and O–H groups in total. The summed E-state index contributed by atoms with van der Waals surface area (Å²) in [4.78, 5) is 0. The molecule has 0 aromatic carbocycles. The van der Waals surface area contributed by atoms with Crippen molar-refractivity contribution in [2.45, 2.75) is 124 Å². The van der Waals surface area contributed by atoms with E-state index in [-0.39, 0.29) is 6.10 Å². The van der Waals surface area contributed by atoms with Crippen LogP contribution in [0.2, 0.25) is 0 Å². The van der Waals surface area contributed by atoms with Crippen LogP contribution in [0.25, 0.3) is 0 Å². The minimum atomic E-state index is -0.0892. The minimum Gasteiger partial charge on any atom is -0.393 e. The van der Waals surface area contributed by atoms with E-state index in [1.807, 2.05) is 0 Å². The molecule has 0 heterocycles. The Morgan fingerprint density at radius 1 is 0.885 bits per heavy atom. The van der Waals surface area contributed by atoms with Crippen LogP contribution in [0.5, 0.6) is 0 Å². The Kier molecular flexibility index (Phi) is 8.98. The normalized spacial score (nSPS) is 33.0. The highest BCUT2D eigenvalue weighted by Crippen LogP contribution is 2.46. The Morgan fingerprint density at radius 3 is 1.92 bits per heavy atom. The third-order valence-electron chi connectivity index (χ3n) is 8.21. The zero-order valence-corrected chi connectivity index (χ0v) is 18.6. The average molecular weight is 365 g/mol. The Balaban J connectivity index is 1.79. The summed E-state index contributed by atoms with van der Waals surface area (Å²) >= 11 is 0. The van der Waals surface area contributed by atoms with Gasteiger partial charge >= 0.3 is 0 Å². The molecular weight excluding hydrogens is 316 g/mol. The van der Waals surface area contributed by atoms with Gasteiger partial charge in [0.15, 0.2) is 0 Å². The first-order valence-corrected chi connectivity index (χ1v) is 12.0. The third kappa shape index (κ3) is 6.54. The van der Waals surface area contributed by atoms with Crippen LogP contribution in [-0.2, 0) is 0 Å². The maximum absolute atomic E-state index is 10.3. The van der Waals surface area contributed by atoms with Gasteiger partial charge < -0.3 is 5.11 Å². The van der Waals surface area contributed by atoms with Gasteiger partial charge in [-0.3, -0.25) is 0 Å². The molecular formula is C25H48O. The van der Waals surface area contributed by atoms with Gasteiger partial charge in [0.2, 0.25) is 0 Å². The molecule has 2 aliphatic rings. The number of hydrogen-bond donors (Lipinski definition) is 1. The summed E-state index contributed by atoms with van der Waals surface area (Å²) in [7, 11) is 0. The summed E-state index contributed by atoms with van der Waals surface area (Å²) in [5.74, 6) is 4.67. The Labute approximate surface area is 164 Å². The lowest BCUT2D eigenvalue weighted by Gasteiger charge is -2.42. The summed E-state index contributed by atoms with van der Waals surface area (Å²) in [5.41, 5.74) is 0.376. The zero-order valence-electron chi connectivity index (χ0n) is 18.6. The number of aliphatic hydroxyl groups is 1. The number of aliphatic hydroxyl groups excluding tert-OH is 1. The molecule has 0 radical (unpaired) electrons. The van der Waals surface area contributed by atoms with Crippen LogP contribution in [0.4, 0.5) is 0 Å². The number of hydrogen-bond acceptors (Lipinski definition) is 1. The first kappa shape index (κ1) is 22.3. The van der Waals surface area contributed by atoms with Crippen molar-refractivity contribution >= 4 is 0 Å². The van der Waals surface area contributed by atoms with Gasteiger partial charge in [0.05, 0.1) is 6.10 Å². The molecule has 2 aliphatic carbocycles. The van der Waals surface area contributed by atoms with Crippen molar-refractivity contribution in [2.24, 2.45) is 35.0 Å². The first-order chi connectivity index (χ1) is 12.4. The largest absolute Gasteiger partial charge is 0.393 e. The van der Waals surface area contributed by atoms with Crippen LogP contribution in [0, 0.1) is 35.0 Å². The predicted molar refractivity (Wildman–Crippen MR) is 114 cm³/mol. The molecule has 26 heavy (non-hydrogen) atoms. The van der Waals surface area contributed by atoms with Gasteiger partial charge in [-0.05, 0) is 80.0 Å². The van der Waals surface area contributed by atoms with Crippen molar-refractivity contribution in [3.63, 3.8) is 0 Å². The molecule has 0 saturated heterocycles. The standard InChI is InChI=1S/C25H48O/c1-6-8-24(26)17-23(7-2)25(4,5)18-20-11-15-22(16-12-20)21-13-9-19(3)10-14-21/h19-24,26H,6-18H2,1-5H3. The molecule has 0 aromatic rings. The van der Waals surface area contributed by atoms with E-state index in [9.17, 15) is 5.11 Å². The van der Waals surface area contributed by atoms with E-state index in [0.717, 1.165) is 42.9 Å². The van der Waals surface area contributed by atoms with Gasteiger partial charge in [-0.2, -0.15) is 0 Å². The third-order valence-corrected chi connectivity index (χ3v) is 8.21. The summed E-state index contributed by atoms with van der Waals surface area (Å²) < 4.78 is 0. The zero-order chi connectivity index (χ0) is 19.2. The van der Waals surface area contributed by atoms with E-state index in [2.05, 4.69) is 34.6 Å². The maximum Gasteiger partial charge on any atom is 0.0543 e. The first-order valence-electron chi connectivity index (χ1n) is 12.0. The van der Waals surface area contributed by atoms with Crippen molar-refractivity contribution in [3.8, 4) is 0 Å². The Bertz CT molecular complexity index is 372. The minimum absolute atomic E-state index is 0.0892. The van der Waals surface area contributed by atoms with Gasteiger partial charge in [-0.25, -0.2) is 0 Å². The second-order valence-electron chi connectivity index (χ2n) is 10.8. The molecule has 0 amide bonds. The number of rotatable bonds is 9. The van der Waals surface area contributed by atoms with Gasteiger partial charge in [0, 0.05) is 0 Å². The summed E-state index contributed by atoms with van der Waals surface area (Å²) in [6.07, 6.45) is 17.5. The molecule has 0 aromatic heterocycles. The molecule has 2 atom stereocenters. The van der Waals surface area contributed by atoms with Gasteiger partial charge in [0.1, 0.15) is 0 Å². The lowest BCUT2D eigenvalue weighted by atomic mass is 9.64. The predicted octanol–water partition coefficient (Wildman–Crippen LogP) is 7.61. The fourth-order valence-corrected chi connectivity index (χ4v) is 6.35. The smallest absolute Gasteiger partial charge is 0.0543 e. The molecule has 154 valence electrons. The summed E-state index contributed by atoms with van der Waals surface area (Å²) in [5, 5.41) is 10.3. The monoisotopic (exact) mass is 364 g/mol. The lowest BCUT2D eigenvalue weighted by Crippen LogP contribution is -2.32. The SMILES string of the molecule is CCCC(O)CC(CC)C(C)(C)CC1CCC(C2CCC(C)CC2)CC1. The van der Waals surface area contributed by atoms with Crippen molar-refractivity contribution in [1.82, 2.24) is 0 Å². The van der Waals surface area contributed by atoms with E-state index in [1.54, 1.807) is 0 Å². The molecule has 1 heteroatoms. The van der Waals surface area contributed by atoms with Gasteiger partial charge in [-0.15, -0.1) is 0 Å². The second-order valence-corrected chi connectivity index (χ2v) is 10.8. The second kappa shape index (κ2) is 10.5. The summed E-state index contributed by atoms with van der Waals surface area (Å²) in [6.45, 7) is 11.9. The molecule has 1 nitrogen and oxygen atoms in total. The molecule has 2 fully saturated rings.